The minimum Gasteiger partial charge on any atom is -0.406 e. The van der Waals surface area contributed by atoms with E-state index in [0.29, 0.717) is 27.5 Å². The smallest absolute Gasteiger partial charge is 0.406 e. The Balaban J connectivity index is 1.93. The first-order valence-electron chi connectivity index (χ1n) is 7.83. The molecule has 0 spiro atoms. The Morgan fingerprint density at radius 2 is 2.22 bits per heavy atom. The fourth-order valence-electron chi connectivity index (χ4n) is 3.06. The van der Waals surface area contributed by atoms with Gasteiger partial charge in [-0.2, -0.15) is 0 Å². The summed E-state index contributed by atoms with van der Waals surface area (Å²) in [6.45, 7) is 2.80. The topological polar surface area (TPSA) is 42.4 Å². The molecule has 0 saturated carbocycles. The predicted octanol–water partition coefficient (Wildman–Crippen LogP) is 5.30. The van der Waals surface area contributed by atoms with E-state index >= 15 is 0 Å². The number of hydrogen-bond acceptors (Lipinski definition) is 3. The number of benzene rings is 1. The molecule has 1 saturated heterocycles. The molecule has 4 nitrogen and oxygen atoms in total. The van der Waals surface area contributed by atoms with E-state index in [2.05, 4.69) is 11.9 Å². The van der Waals surface area contributed by atoms with Crippen LogP contribution in [0, 0.1) is 0 Å². The van der Waals surface area contributed by atoms with Crippen LogP contribution in [-0.2, 0) is 0 Å². The van der Waals surface area contributed by atoms with E-state index in [9.17, 15) is 4.79 Å². The number of likely N-dealkylation sites (tertiary alicyclic amines) is 1. The Bertz CT molecular complexity index is 736. The van der Waals surface area contributed by atoms with E-state index < -0.39 is 0 Å². The molecule has 0 bridgehead atoms. The summed E-state index contributed by atoms with van der Waals surface area (Å²) in [6, 6.07) is 5.42. The standard InChI is InChI=1S/C17H18Cl2N2O2/c1-2-11-6-3-4-9-21(11)17(22)23-16-14(19)10-13(18)12-7-5-8-20-15(12)16/h5,7-8,10-11H,2-4,6,9H2,1H3/t11-/m1/s1. The predicted molar refractivity (Wildman–Crippen MR) is 92.4 cm³/mol. The van der Waals surface area contributed by atoms with E-state index in [0.717, 1.165) is 25.7 Å². The van der Waals surface area contributed by atoms with Crippen LogP contribution in [0.25, 0.3) is 10.9 Å². The summed E-state index contributed by atoms with van der Waals surface area (Å²) in [4.78, 5) is 18.7. The molecule has 3 rings (SSSR count). The van der Waals surface area contributed by atoms with E-state index in [1.807, 2.05) is 6.07 Å². The molecule has 1 fully saturated rings. The number of pyridine rings is 1. The lowest BCUT2D eigenvalue weighted by molar-refractivity contribution is 0.112. The van der Waals surface area contributed by atoms with Gasteiger partial charge in [0, 0.05) is 24.2 Å². The van der Waals surface area contributed by atoms with E-state index in [4.69, 9.17) is 27.9 Å². The first-order valence-corrected chi connectivity index (χ1v) is 8.58. The van der Waals surface area contributed by atoms with Crippen LogP contribution in [0.5, 0.6) is 5.75 Å². The van der Waals surface area contributed by atoms with Gasteiger partial charge in [-0.25, -0.2) is 4.79 Å². The number of aromatic nitrogens is 1. The van der Waals surface area contributed by atoms with Gasteiger partial charge >= 0.3 is 6.09 Å². The molecule has 6 heteroatoms. The van der Waals surface area contributed by atoms with Crippen LogP contribution in [0.1, 0.15) is 32.6 Å². The van der Waals surface area contributed by atoms with Gasteiger partial charge in [0.2, 0.25) is 0 Å². The monoisotopic (exact) mass is 352 g/mol. The summed E-state index contributed by atoms with van der Waals surface area (Å²) in [7, 11) is 0. The molecule has 1 aliphatic heterocycles. The molecule has 2 aromatic rings. The molecule has 1 aromatic heterocycles. The van der Waals surface area contributed by atoms with Crippen molar-refractivity contribution in [3.63, 3.8) is 0 Å². The zero-order valence-corrected chi connectivity index (χ0v) is 14.4. The van der Waals surface area contributed by atoms with Gasteiger partial charge in [-0.05, 0) is 43.9 Å². The zero-order valence-electron chi connectivity index (χ0n) is 12.9. The number of nitrogens with zero attached hydrogens (tertiary/aromatic N) is 2. The molecule has 0 N–H and O–H groups in total. The highest BCUT2D eigenvalue weighted by Crippen LogP contribution is 2.37. The molecule has 1 atom stereocenters. The van der Waals surface area contributed by atoms with Gasteiger partial charge in [-0.3, -0.25) is 4.98 Å². The third-order valence-corrected chi connectivity index (χ3v) is 4.87. The third-order valence-electron chi connectivity index (χ3n) is 4.27. The molecule has 1 amide bonds. The molecular weight excluding hydrogens is 335 g/mol. The van der Waals surface area contributed by atoms with Crippen LogP contribution in [0.15, 0.2) is 24.4 Å². The van der Waals surface area contributed by atoms with Crippen molar-refractivity contribution in [3.8, 4) is 5.75 Å². The second-order valence-electron chi connectivity index (χ2n) is 5.69. The van der Waals surface area contributed by atoms with Gasteiger partial charge in [0.1, 0.15) is 5.52 Å². The fourth-order valence-corrected chi connectivity index (χ4v) is 3.61. The van der Waals surface area contributed by atoms with Gasteiger partial charge in [0.05, 0.1) is 10.0 Å². The van der Waals surface area contributed by atoms with Crippen LogP contribution in [0.4, 0.5) is 4.79 Å². The van der Waals surface area contributed by atoms with Gasteiger partial charge in [-0.1, -0.05) is 30.1 Å². The Kier molecular flexibility index (Phi) is 4.93. The summed E-state index contributed by atoms with van der Waals surface area (Å²) in [5.41, 5.74) is 0.503. The lowest BCUT2D eigenvalue weighted by atomic mass is 10.0. The Morgan fingerprint density at radius 1 is 1.39 bits per heavy atom. The Hall–Kier alpha value is -1.52. The summed E-state index contributed by atoms with van der Waals surface area (Å²) in [5, 5.41) is 1.49. The Morgan fingerprint density at radius 3 is 3.00 bits per heavy atom. The van der Waals surface area contributed by atoms with Crippen molar-refractivity contribution < 1.29 is 9.53 Å². The molecule has 23 heavy (non-hydrogen) atoms. The summed E-state index contributed by atoms with van der Waals surface area (Å²) in [6.07, 6.45) is 5.34. The second-order valence-corrected chi connectivity index (χ2v) is 6.50. The number of carbonyl (C=O) groups excluding carboxylic acids is 1. The van der Waals surface area contributed by atoms with Crippen molar-refractivity contribution in [2.75, 3.05) is 6.54 Å². The first-order chi connectivity index (χ1) is 11.1. The lowest BCUT2D eigenvalue weighted by Gasteiger charge is -2.34. The fraction of sp³-hybridized carbons (Fsp3) is 0.412. The lowest BCUT2D eigenvalue weighted by Crippen LogP contribution is -2.44. The number of fused-ring (bicyclic) bond motifs is 1. The van der Waals surface area contributed by atoms with Gasteiger partial charge < -0.3 is 9.64 Å². The molecular formula is C17H18Cl2N2O2. The van der Waals surface area contributed by atoms with Crippen LogP contribution in [-0.4, -0.2) is 28.6 Å². The quantitative estimate of drug-likeness (QED) is 0.735. The van der Waals surface area contributed by atoms with Crippen LogP contribution < -0.4 is 4.74 Å². The zero-order chi connectivity index (χ0) is 16.4. The largest absolute Gasteiger partial charge is 0.415 e. The number of ether oxygens (including phenoxy) is 1. The highest BCUT2D eigenvalue weighted by atomic mass is 35.5. The third kappa shape index (κ3) is 3.24. The van der Waals surface area contributed by atoms with Crippen molar-refractivity contribution >= 4 is 40.2 Å². The van der Waals surface area contributed by atoms with Gasteiger partial charge in [-0.15, -0.1) is 0 Å². The van der Waals surface area contributed by atoms with Crippen LogP contribution in [0.3, 0.4) is 0 Å². The number of halogens is 2. The van der Waals surface area contributed by atoms with Crippen LogP contribution >= 0.6 is 23.2 Å². The van der Waals surface area contributed by atoms with Crippen molar-refractivity contribution in [1.29, 1.82) is 0 Å². The normalized spacial score (nSPS) is 18.2. The first kappa shape index (κ1) is 16.3. The van der Waals surface area contributed by atoms with Crippen LogP contribution in [0.2, 0.25) is 10.0 Å². The van der Waals surface area contributed by atoms with Crippen molar-refractivity contribution in [1.82, 2.24) is 9.88 Å². The van der Waals surface area contributed by atoms with Crippen molar-refractivity contribution in [2.45, 2.75) is 38.6 Å². The molecule has 2 heterocycles. The highest BCUT2D eigenvalue weighted by molar-refractivity contribution is 6.39. The average Bonchev–Trinajstić information content (AvgIpc) is 2.58. The number of piperidine rings is 1. The molecule has 0 aliphatic carbocycles. The molecule has 0 radical (unpaired) electrons. The Labute approximate surface area is 145 Å². The number of rotatable bonds is 2. The summed E-state index contributed by atoms with van der Waals surface area (Å²) in [5.74, 6) is 0.275. The number of amides is 1. The summed E-state index contributed by atoms with van der Waals surface area (Å²) < 4.78 is 5.62. The maximum absolute atomic E-state index is 12.6. The number of hydrogen-bond donors (Lipinski definition) is 0. The molecule has 1 aromatic carbocycles. The molecule has 0 unspecified atom stereocenters. The van der Waals surface area contributed by atoms with Gasteiger partial charge in [0.15, 0.2) is 5.75 Å². The van der Waals surface area contributed by atoms with E-state index in [1.165, 1.54) is 0 Å². The number of carbonyl (C=O) groups is 1. The van der Waals surface area contributed by atoms with E-state index in [1.54, 1.807) is 23.2 Å². The van der Waals surface area contributed by atoms with E-state index in [-0.39, 0.29) is 17.9 Å². The average molecular weight is 353 g/mol. The minimum atomic E-state index is -0.368. The second kappa shape index (κ2) is 6.93. The highest BCUT2D eigenvalue weighted by Gasteiger charge is 2.28. The van der Waals surface area contributed by atoms with Crippen molar-refractivity contribution in [3.05, 3.63) is 34.4 Å². The van der Waals surface area contributed by atoms with Crippen molar-refractivity contribution in [2.24, 2.45) is 0 Å². The minimum absolute atomic E-state index is 0.224. The maximum atomic E-state index is 12.6. The molecule has 122 valence electrons. The molecule has 1 aliphatic rings. The SMILES string of the molecule is CC[C@@H]1CCCCN1C(=O)Oc1c(Cl)cc(Cl)c2cccnc12. The maximum Gasteiger partial charge on any atom is 0.415 e. The summed E-state index contributed by atoms with van der Waals surface area (Å²) >= 11 is 12.4. The van der Waals surface area contributed by atoms with Gasteiger partial charge in [0.25, 0.3) is 0 Å².